The number of nitrogen functional groups attached to an aromatic ring is 1. The van der Waals surface area contributed by atoms with Crippen molar-refractivity contribution in [2.75, 3.05) is 5.73 Å². The van der Waals surface area contributed by atoms with Crippen LogP contribution in [0.1, 0.15) is 37.0 Å². The molecule has 0 radical (unpaired) electrons. The standard InChI is InChI=1S/C14H20N2O3/c1-8-5-11(6-9(2)18-8)19-13-7-10(14(16)17)3-4-12(13)15/h3-4,7-9,11H,5-6,15H2,1-2H3,(H2,16,17). The SMILES string of the molecule is CC1CC(Oc2cc(C(N)=O)ccc2N)CC(C)O1. The second kappa shape index (κ2) is 5.48. The van der Waals surface area contributed by atoms with E-state index in [4.69, 9.17) is 20.9 Å². The van der Waals surface area contributed by atoms with E-state index in [2.05, 4.69) is 0 Å². The molecular weight excluding hydrogens is 244 g/mol. The van der Waals surface area contributed by atoms with E-state index >= 15 is 0 Å². The first-order valence-corrected chi connectivity index (χ1v) is 6.47. The molecule has 1 saturated heterocycles. The number of benzene rings is 1. The molecule has 2 rings (SSSR count). The number of ether oxygens (including phenoxy) is 2. The minimum Gasteiger partial charge on any atom is -0.488 e. The van der Waals surface area contributed by atoms with Gasteiger partial charge in [0.25, 0.3) is 0 Å². The van der Waals surface area contributed by atoms with Gasteiger partial charge in [0.2, 0.25) is 5.91 Å². The van der Waals surface area contributed by atoms with Gasteiger partial charge in [-0.2, -0.15) is 0 Å². The van der Waals surface area contributed by atoms with Crippen molar-refractivity contribution >= 4 is 11.6 Å². The van der Waals surface area contributed by atoms with Crippen LogP contribution in [0.25, 0.3) is 0 Å². The van der Waals surface area contributed by atoms with Gasteiger partial charge in [-0.25, -0.2) is 0 Å². The van der Waals surface area contributed by atoms with Crippen LogP contribution in [0.5, 0.6) is 5.75 Å². The molecule has 1 aliphatic rings. The van der Waals surface area contributed by atoms with Crippen LogP contribution in [-0.4, -0.2) is 24.2 Å². The third-order valence-corrected chi connectivity index (χ3v) is 3.25. The predicted octanol–water partition coefficient (Wildman–Crippen LogP) is 1.70. The van der Waals surface area contributed by atoms with Gasteiger partial charge in [0.15, 0.2) is 0 Å². The lowest BCUT2D eigenvalue weighted by atomic mass is 10.0. The van der Waals surface area contributed by atoms with Gasteiger partial charge in [-0.15, -0.1) is 0 Å². The second-order valence-corrected chi connectivity index (χ2v) is 5.09. The summed E-state index contributed by atoms with van der Waals surface area (Å²) < 4.78 is 11.6. The van der Waals surface area contributed by atoms with Crippen molar-refractivity contribution < 1.29 is 14.3 Å². The summed E-state index contributed by atoms with van der Waals surface area (Å²) in [6, 6.07) is 4.84. The quantitative estimate of drug-likeness (QED) is 0.813. The highest BCUT2D eigenvalue weighted by Crippen LogP contribution is 2.28. The summed E-state index contributed by atoms with van der Waals surface area (Å²) >= 11 is 0. The van der Waals surface area contributed by atoms with Crippen molar-refractivity contribution in [2.24, 2.45) is 5.73 Å². The largest absolute Gasteiger partial charge is 0.488 e. The van der Waals surface area contributed by atoms with E-state index in [9.17, 15) is 4.79 Å². The topological polar surface area (TPSA) is 87.6 Å². The van der Waals surface area contributed by atoms with E-state index in [1.807, 2.05) is 13.8 Å². The molecule has 104 valence electrons. The molecule has 1 aromatic rings. The van der Waals surface area contributed by atoms with Crippen molar-refractivity contribution in [3.05, 3.63) is 23.8 Å². The average molecular weight is 264 g/mol. The molecule has 1 aromatic carbocycles. The fourth-order valence-electron chi connectivity index (χ4n) is 2.41. The van der Waals surface area contributed by atoms with Gasteiger partial charge in [0, 0.05) is 18.4 Å². The van der Waals surface area contributed by atoms with Crippen LogP contribution >= 0.6 is 0 Å². The molecule has 0 spiro atoms. The minimum absolute atomic E-state index is 0.0455. The molecule has 5 nitrogen and oxygen atoms in total. The molecule has 0 aliphatic carbocycles. The first-order valence-electron chi connectivity index (χ1n) is 6.47. The summed E-state index contributed by atoms with van der Waals surface area (Å²) in [5.41, 5.74) is 12.0. The van der Waals surface area contributed by atoms with Crippen LogP contribution in [0.2, 0.25) is 0 Å². The Balaban J connectivity index is 2.13. The molecule has 2 unspecified atom stereocenters. The van der Waals surface area contributed by atoms with Crippen molar-refractivity contribution in [1.82, 2.24) is 0 Å². The molecule has 0 bridgehead atoms. The number of carbonyl (C=O) groups is 1. The Kier molecular flexibility index (Phi) is 3.95. The predicted molar refractivity (Wildman–Crippen MR) is 73.0 cm³/mol. The van der Waals surface area contributed by atoms with Crippen molar-refractivity contribution in [1.29, 1.82) is 0 Å². The third-order valence-electron chi connectivity index (χ3n) is 3.25. The van der Waals surface area contributed by atoms with E-state index in [1.165, 1.54) is 0 Å². The fraction of sp³-hybridized carbons (Fsp3) is 0.500. The Morgan fingerprint density at radius 3 is 2.53 bits per heavy atom. The first-order chi connectivity index (χ1) is 8.95. The van der Waals surface area contributed by atoms with E-state index in [1.54, 1.807) is 18.2 Å². The van der Waals surface area contributed by atoms with Gasteiger partial charge < -0.3 is 20.9 Å². The highest BCUT2D eigenvalue weighted by Gasteiger charge is 2.26. The van der Waals surface area contributed by atoms with Crippen molar-refractivity contribution in [3.63, 3.8) is 0 Å². The van der Waals surface area contributed by atoms with Gasteiger partial charge in [-0.3, -0.25) is 4.79 Å². The van der Waals surface area contributed by atoms with E-state index in [0.29, 0.717) is 17.0 Å². The summed E-state index contributed by atoms with van der Waals surface area (Å²) in [5, 5.41) is 0. The Hall–Kier alpha value is -1.75. The third kappa shape index (κ3) is 3.38. The molecule has 19 heavy (non-hydrogen) atoms. The number of carbonyl (C=O) groups excluding carboxylic acids is 1. The fourth-order valence-corrected chi connectivity index (χ4v) is 2.41. The van der Waals surface area contributed by atoms with Gasteiger partial charge in [0.1, 0.15) is 11.9 Å². The number of amides is 1. The monoisotopic (exact) mass is 264 g/mol. The Morgan fingerprint density at radius 2 is 1.95 bits per heavy atom. The second-order valence-electron chi connectivity index (χ2n) is 5.09. The molecule has 0 aromatic heterocycles. The molecule has 1 aliphatic heterocycles. The number of rotatable bonds is 3. The van der Waals surface area contributed by atoms with E-state index < -0.39 is 5.91 Å². The van der Waals surface area contributed by atoms with Gasteiger partial charge in [-0.05, 0) is 32.0 Å². The maximum absolute atomic E-state index is 11.2. The van der Waals surface area contributed by atoms with Gasteiger partial charge >= 0.3 is 0 Å². The van der Waals surface area contributed by atoms with Crippen LogP contribution in [0.3, 0.4) is 0 Å². The minimum atomic E-state index is -0.487. The molecule has 1 heterocycles. The highest BCUT2D eigenvalue weighted by atomic mass is 16.5. The molecule has 0 saturated carbocycles. The van der Waals surface area contributed by atoms with Crippen molar-refractivity contribution in [2.45, 2.75) is 45.0 Å². The summed E-state index contributed by atoms with van der Waals surface area (Å²) in [6.07, 6.45) is 1.99. The Bertz CT molecular complexity index is 466. The van der Waals surface area contributed by atoms with Crippen LogP contribution in [0, 0.1) is 0 Å². The molecule has 1 fully saturated rings. The lowest BCUT2D eigenvalue weighted by molar-refractivity contribution is -0.0720. The Morgan fingerprint density at radius 1 is 1.32 bits per heavy atom. The lowest BCUT2D eigenvalue weighted by Gasteiger charge is -2.32. The zero-order chi connectivity index (χ0) is 14.0. The summed E-state index contributed by atoms with van der Waals surface area (Å²) in [5.74, 6) is 0.0289. The van der Waals surface area contributed by atoms with Gasteiger partial charge in [0.05, 0.1) is 17.9 Å². The van der Waals surface area contributed by atoms with Crippen molar-refractivity contribution in [3.8, 4) is 5.75 Å². The number of anilines is 1. The zero-order valence-electron chi connectivity index (χ0n) is 11.3. The number of hydrogen-bond donors (Lipinski definition) is 2. The maximum Gasteiger partial charge on any atom is 0.248 e. The summed E-state index contributed by atoms with van der Waals surface area (Å²) in [6.45, 7) is 4.05. The average Bonchev–Trinajstić information content (AvgIpc) is 2.30. The van der Waals surface area contributed by atoms with Crippen LogP contribution in [0.15, 0.2) is 18.2 Å². The molecule has 2 atom stereocenters. The summed E-state index contributed by atoms with van der Waals surface area (Å²) in [7, 11) is 0. The zero-order valence-corrected chi connectivity index (χ0v) is 11.3. The molecule has 4 N–H and O–H groups in total. The molecular formula is C14H20N2O3. The molecule has 1 amide bonds. The van der Waals surface area contributed by atoms with Crippen LogP contribution in [0.4, 0.5) is 5.69 Å². The maximum atomic E-state index is 11.2. The Labute approximate surface area is 112 Å². The smallest absolute Gasteiger partial charge is 0.248 e. The van der Waals surface area contributed by atoms with E-state index in [-0.39, 0.29) is 18.3 Å². The first kappa shape index (κ1) is 13.7. The number of primary amides is 1. The van der Waals surface area contributed by atoms with Crippen LogP contribution < -0.4 is 16.2 Å². The van der Waals surface area contributed by atoms with Gasteiger partial charge in [-0.1, -0.05) is 0 Å². The summed E-state index contributed by atoms with van der Waals surface area (Å²) in [4.78, 5) is 11.2. The normalized spacial score (nSPS) is 26.9. The number of nitrogens with two attached hydrogens (primary N) is 2. The van der Waals surface area contributed by atoms with E-state index in [0.717, 1.165) is 12.8 Å². The molecule has 5 heteroatoms. The number of hydrogen-bond acceptors (Lipinski definition) is 4. The highest BCUT2D eigenvalue weighted by molar-refractivity contribution is 5.93. The lowest BCUT2D eigenvalue weighted by Crippen LogP contribution is -2.35. The van der Waals surface area contributed by atoms with Crippen LogP contribution in [-0.2, 0) is 4.74 Å².